The van der Waals surface area contributed by atoms with Gasteiger partial charge in [0.1, 0.15) is 11.2 Å². The zero-order chi connectivity index (χ0) is 14.9. The number of amides is 2. The molecule has 2 aliphatic rings. The summed E-state index contributed by atoms with van der Waals surface area (Å²) in [4.78, 5) is 22.6. The lowest BCUT2D eigenvalue weighted by molar-refractivity contribution is -0.117. The number of hydrogen-bond acceptors (Lipinski definition) is 6. The molecule has 0 radical (unpaired) electrons. The van der Waals surface area contributed by atoms with Crippen molar-refractivity contribution in [3.05, 3.63) is 11.1 Å². The molecule has 2 heterocycles. The van der Waals surface area contributed by atoms with Gasteiger partial charge in [0, 0.05) is 0 Å². The highest BCUT2D eigenvalue weighted by Crippen LogP contribution is 2.35. The van der Waals surface area contributed by atoms with E-state index in [0.29, 0.717) is 17.3 Å². The Morgan fingerprint density at radius 3 is 2.75 bits per heavy atom. The van der Waals surface area contributed by atoms with Crippen LogP contribution in [0.5, 0.6) is 0 Å². The summed E-state index contributed by atoms with van der Waals surface area (Å²) in [6.07, 6.45) is 0.677. The fourth-order valence-corrected chi connectivity index (χ4v) is 2.56. The highest BCUT2D eigenvalue weighted by atomic mass is 32.2. The predicted molar refractivity (Wildman–Crippen MR) is 77.1 cm³/mol. The largest absolute Gasteiger partial charge is 0.465 e. The minimum Gasteiger partial charge on any atom is -0.465 e. The topological polar surface area (TPSA) is 106 Å². The van der Waals surface area contributed by atoms with Gasteiger partial charge in [0.25, 0.3) is 5.91 Å². The van der Waals surface area contributed by atoms with Gasteiger partial charge in [0.2, 0.25) is 11.8 Å². The first kappa shape index (κ1) is 14.6. The average molecular weight is 296 g/mol. The van der Waals surface area contributed by atoms with Crippen LogP contribution in [0.4, 0.5) is 0 Å². The molecule has 0 aromatic rings. The standard InChI is InChI=1S/C12H16N4O3S/c1-4-12(3)6(2)8(9(13)18)10(19-12)15-16-11-14-7(17)5-20-11/h4-5H2,1-3H3,(H2,13,18)(H,14,16,17). The zero-order valence-electron chi connectivity index (χ0n) is 11.5. The van der Waals surface area contributed by atoms with Gasteiger partial charge in [-0.05, 0) is 25.8 Å². The lowest BCUT2D eigenvalue weighted by Crippen LogP contribution is -2.25. The van der Waals surface area contributed by atoms with E-state index >= 15 is 0 Å². The van der Waals surface area contributed by atoms with Gasteiger partial charge in [-0.1, -0.05) is 18.7 Å². The SMILES string of the molecule is CCC1(C)OC(=NN=C2NC(=O)CS2)C(C(N)=O)=C1C. The van der Waals surface area contributed by atoms with Crippen molar-refractivity contribution in [2.24, 2.45) is 15.9 Å². The number of carbonyl (C=O) groups excluding carboxylic acids is 2. The minimum absolute atomic E-state index is 0.105. The Labute approximate surface area is 120 Å². The molecule has 1 unspecified atom stereocenters. The average Bonchev–Trinajstić information content (AvgIpc) is 2.90. The van der Waals surface area contributed by atoms with Gasteiger partial charge in [-0.3, -0.25) is 9.59 Å². The summed E-state index contributed by atoms with van der Waals surface area (Å²) in [6, 6.07) is 0. The summed E-state index contributed by atoms with van der Waals surface area (Å²) in [6.45, 7) is 5.61. The third-order valence-electron chi connectivity index (χ3n) is 3.44. The lowest BCUT2D eigenvalue weighted by atomic mass is 9.92. The molecule has 2 amide bonds. The maximum Gasteiger partial charge on any atom is 0.254 e. The zero-order valence-corrected chi connectivity index (χ0v) is 12.3. The monoisotopic (exact) mass is 296 g/mol. The molecule has 0 aromatic carbocycles. The van der Waals surface area contributed by atoms with Gasteiger partial charge in [0.15, 0.2) is 5.17 Å². The number of thioether (sulfide) groups is 1. The number of carbonyl (C=O) groups is 2. The summed E-state index contributed by atoms with van der Waals surface area (Å²) in [5.41, 5.74) is 5.78. The number of nitrogens with two attached hydrogens (primary N) is 1. The van der Waals surface area contributed by atoms with Crippen molar-refractivity contribution in [3.8, 4) is 0 Å². The van der Waals surface area contributed by atoms with E-state index in [4.69, 9.17) is 10.5 Å². The second kappa shape index (κ2) is 5.28. The molecule has 2 rings (SSSR count). The van der Waals surface area contributed by atoms with E-state index in [9.17, 15) is 9.59 Å². The summed E-state index contributed by atoms with van der Waals surface area (Å²) >= 11 is 1.24. The fraction of sp³-hybridized carbons (Fsp3) is 0.500. The molecular formula is C12H16N4O3S. The van der Waals surface area contributed by atoms with Crippen molar-refractivity contribution in [2.45, 2.75) is 32.8 Å². The van der Waals surface area contributed by atoms with Gasteiger partial charge < -0.3 is 15.8 Å². The van der Waals surface area contributed by atoms with Gasteiger partial charge in [-0.25, -0.2) is 0 Å². The van der Waals surface area contributed by atoms with E-state index in [1.807, 2.05) is 13.8 Å². The van der Waals surface area contributed by atoms with Crippen molar-refractivity contribution < 1.29 is 14.3 Å². The number of primary amides is 1. The first-order chi connectivity index (χ1) is 9.37. The van der Waals surface area contributed by atoms with Crippen LogP contribution in [0.2, 0.25) is 0 Å². The number of hydrogen-bond donors (Lipinski definition) is 2. The number of ether oxygens (including phenoxy) is 1. The molecule has 0 aliphatic carbocycles. The Morgan fingerprint density at radius 2 is 2.25 bits per heavy atom. The van der Waals surface area contributed by atoms with Gasteiger partial charge >= 0.3 is 0 Å². The smallest absolute Gasteiger partial charge is 0.254 e. The van der Waals surface area contributed by atoms with Crippen LogP contribution >= 0.6 is 11.8 Å². The number of amidine groups is 1. The molecule has 2 aliphatic heterocycles. The van der Waals surface area contributed by atoms with Crippen molar-refractivity contribution >= 4 is 34.6 Å². The fourth-order valence-electron chi connectivity index (χ4n) is 1.93. The number of rotatable bonds is 3. The maximum absolute atomic E-state index is 11.6. The molecule has 0 saturated carbocycles. The van der Waals surface area contributed by atoms with Gasteiger partial charge in [-0.2, -0.15) is 0 Å². The molecule has 20 heavy (non-hydrogen) atoms. The van der Waals surface area contributed by atoms with Crippen molar-refractivity contribution in [2.75, 3.05) is 5.75 Å². The molecular weight excluding hydrogens is 280 g/mol. The third-order valence-corrected chi connectivity index (χ3v) is 4.31. The Hall–Kier alpha value is -1.83. The molecule has 1 saturated heterocycles. The highest BCUT2D eigenvalue weighted by molar-refractivity contribution is 8.15. The van der Waals surface area contributed by atoms with Crippen LogP contribution in [0.1, 0.15) is 27.2 Å². The molecule has 108 valence electrons. The second-order valence-electron chi connectivity index (χ2n) is 4.70. The van der Waals surface area contributed by atoms with Crippen molar-refractivity contribution in [3.63, 3.8) is 0 Å². The summed E-state index contributed by atoms with van der Waals surface area (Å²) in [7, 11) is 0. The van der Waals surface area contributed by atoms with Crippen LogP contribution < -0.4 is 11.1 Å². The maximum atomic E-state index is 11.6. The van der Waals surface area contributed by atoms with Crippen LogP contribution in [0, 0.1) is 0 Å². The summed E-state index contributed by atoms with van der Waals surface area (Å²) in [5.74, 6) is -0.300. The van der Waals surface area contributed by atoms with Crippen molar-refractivity contribution in [1.82, 2.24) is 5.32 Å². The second-order valence-corrected chi connectivity index (χ2v) is 5.66. The Kier molecular flexibility index (Phi) is 3.85. The Morgan fingerprint density at radius 1 is 1.55 bits per heavy atom. The van der Waals surface area contributed by atoms with Gasteiger partial charge in [0.05, 0.1) is 5.75 Å². The molecule has 0 spiro atoms. The van der Waals surface area contributed by atoms with Crippen LogP contribution in [0.15, 0.2) is 21.3 Å². The summed E-state index contributed by atoms with van der Waals surface area (Å²) < 4.78 is 5.72. The van der Waals surface area contributed by atoms with E-state index in [1.165, 1.54) is 11.8 Å². The Bertz CT molecular complexity index is 567. The van der Waals surface area contributed by atoms with Crippen LogP contribution in [0.25, 0.3) is 0 Å². The van der Waals surface area contributed by atoms with Crippen LogP contribution in [-0.4, -0.2) is 34.2 Å². The molecule has 0 aromatic heterocycles. The van der Waals surface area contributed by atoms with E-state index < -0.39 is 11.5 Å². The molecule has 3 N–H and O–H groups in total. The van der Waals surface area contributed by atoms with Gasteiger partial charge in [-0.15, -0.1) is 10.2 Å². The highest BCUT2D eigenvalue weighted by Gasteiger charge is 2.41. The normalized spacial score (nSPS) is 30.1. The van der Waals surface area contributed by atoms with Crippen LogP contribution in [0.3, 0.4) is 0 Å². The molecule has 7 nitrogen and oxygen atoms in total. The number of nitrogens with zero attached hydrogens (tertiary/aromatic N) is 2. The lowest BCUT2D eigenvalue weighted by Gasteiger charge is -2.23. The molecule has 0 bridgehead atoms. The minimum atomic E-state index is -0.602. The van der Waals surface area contributed by atoms with E-state index in [1.54, 1.807) is 6.92 Å². The first-order valence-electron chi connectivity index (χ1n) is 6.16. The van der Waals surface area contributed by atoms with Crippen molar-refractivity contribution in [1.29, 1.82) is 0 Å². The third kappa shape index (κ3) is 2.55. The molecule has 1 atom stereocenters. The summed E-state index contributed by atoms with van der Waals surface area (Å²) in [5, 5.41) is 10.7. The molecule has 8 heteroatoms. The number of nitrogens with one attached hydrogen (secondary N) is 1. The quantitative estimate of drug-likeness (QED) is 0.740. The molecule has 1 fully saturated rings. The Balaban J connectivity index is 2.33. The van der Waals surface area contributed by atoms with E-state index in [-0.39, 0.29) is 17.4 Å². The predicted octanol–water partition coefficient (Wildman–Crippen LogP) is 0.520. The van der Waals surface area contributed by atoms with E-state index in [0.717, 1.165) is 5.57 Å². The first-order valence-corrected chi connectivity index (χ1v) is 7.14. The van der Waals surface area contributed by atoms with Crippen LogP contribution in [-0.2, 0) is 14.3 Å². The van der Waals surface area contributed by atoms with E-state index in [2.05, 4.69) is 15.5 Å².